The Bertz CT molecular complexity index is 515. The number of nitrogens with two attached hydrogens (primary N) is 1. The fourth-order valence-corrected chi connectivity index (χ4v) is 3.22. The van der Waals surface area contributed by atoms with Crippen LogP contribution in [0.1, 0.15) is 25.0 Å². The van der Waals surface area contributed by atoms with E-state index in [4.69, 9.17) is 10.5 Å². The summed E-state index contributed by atoms with van der Waals surface area (Å²) in [5.41, 5.74) is 7.12. The van der Waals surface area contributed by atoms with E-state index in [0.29, 0.717) is 18.7 Å². The van der Waals surface area contributed by atoms with Crippen LogP contribution in [0.2, 0.25) is 0 Å². The van der Waals surface area contributed by atoms with E-state index in [0.717, 1.165) is 5.56 Å². The van der Waals surface area contributed by atoms with Gasteiger partial charge in [-0.2, -0.15) is 0 Å². The first-order chi connectivity index (χ1) is 8.92. The average Bonchev–Trinajstić information content (AvgIpc) is 2.37. The maximum Gasteiger partial charge on any atom is 0.240 e. The SMILES string of the molecule is CCOC(C)CNS(=O)(=O)c1cccc(CN)c1C. The van der Waals surface area contributed by atoms with Crippen LogP contribution in [0.4, 0.5) is 0 Å². The molecule has 1 unspecified atom stereocenters. The lowest BCUT2D eigenvalue weighted by Crippen LogP contribution is -2.32. The highest BCUT2D eigenvalue weighted by molar-refractivity contribution is 7.89. The van der Waals surface area contributed by atoms with Crippen molar-refractivity contribution in [1.29, 1.82) is 0 Å². The van der Waals surface area contributed by atoms with E-state index >= 15 is 0 Å². The van der Waals surface area contributed by atoms with Crippen LogP contribution in [0.5, 0.6) is 0 Å². The van der Waals surface area contributed by atoms with Crippen LogP contribution < -0.4 is 10.5 Å². The molecule has 1 rings (SSSR count). The molecule has 3 N–H and O–H groups in total. The minimum atomic E-state index is -3.52. The van der Waals surface area contributed by atoms with E-state index < -0.39 is 10.0 Å². The second-order valence-electron chi connectivity index (χ2n) is 4.36. The van der Waals surface area contributed by atoms with Crippen molar-refractivity contribution in [2.24, 2.45) is 5.73 Å². The summed E-state index contributed by atoms with van der Waals surface area (Å²) in [6, 6.07) is 5.12. The van der Waals surface area contributed by atoms with Crippen LogP contribution in [-0.2, 0) is 21.3 Å². The van der Waals surface area contributed by atoms with Gasteiger partial charge in [-0.15, -0.1) is 0 Å². The predicted octanol–water partition coefficient (Wildman–Crippen LogP) is 1.16. The van der Waals surface area contributed by atoms with Gasteiger partial charge >= 0.3 is 0 Å². The van der Waals surface area contributed by atoms with Gasteiger partial charge in [0.2, 0.25) is 10.0 Å². The van der Waals surface area contributed by atoms with E-state index in [-0.39, 0.29) is 17.5 Å². The zero-order chi connectivity index (χ0) is 14.5. The van der Waals surface area contributed by atoms with Gasteiger partial charge in [0.25, 0.3) is 0 Å². The lowest BCUT2D eigenvalue weighted by molar-refractivity contribution is 0.0799. The van der Waals surface area contributed by atoms with Gasteiger partial charge in [0.15, 0.2) is 0 Å². The number of rotatable bonds is 7. The minimum Gasteiger partial charge on any atom is -0.377 e. The molecular weight excluding hydrogens is 264 g/mol. The fraction of sp³-hybridized carbons (Fsp3) is 0.538. The summed E-state index contributed by atoms with van der Waals surface area (Å²) in [4.78, 5) is 0.277. The van der Waals surface area contributed by atoms with Gasteiger partial charge in [0, 0.05) is 19.7 Å². The minimum absolute atomic E-state index is 0.155. The van der Waals surface area contributed by atoms with Gasteiger partial charge in [-0.05, 0) is 38.0 Å². The number of ether oxygens (including phenoxy) is 1. The monoisotopic (exact) mass is 286 g/mol. The lowest BCUT2D eigenvalue weighted by atomic mass is 10.1. The van der Waals surface area contributed by atoms with E-state index in [1.165, 1.54) is 0 Å². The second-order valence-corrected chi connectivity index (χ2v) is 6.10. The van der Waals surface area contributed by atoms with Crippen molar-refractivity contribution in [2.75, 3.05) is 13.2 Å². The highest BCUT2D eigenvalue weighted by atomic mass is 32.2. The summed E-state index contributed by atoms with van der Waals surface area (Å²) in [7, 11) is -3.52. The molecule has 0 fully saturated rings. The number of hydrogen-bond donors (Lipinski definition) is 2. The first-order valence-corrected chi connectivity index (χ1v) is 7.80. The highest BCUT2D eigenvalue weighted by Gasteiger charge is 2.18. The van der Waals surface area contributed by atoms with Crippen LogP contribution in [0, 0.1) is 6.92 Å². The Hall–Kier alpha value is -0.950. The molecule has 0 heterocycles. The molecule has 0 saturated heterocycles. The first-order valence-electron chi connectivity index (χ1n) is 6.32. The highest BCUT2D eigenvalue weighted by Crippen LogP contribution is 2.18. The van der Waals surface area contributed by atoms with Crippen molar-refractivity contribution in [3.05, 3.63) is 29.3 Å². The quantitative estimate of drug-likeness (QED) is 0.788. The maximum atomic E-state index is 12.2. The Morgan fingerprint density at radius 2 is 2.11 bits per heavy atom. The molecule has 0 aliphatic carbocycles. The molecule has 108 valence electrons. The van der Waals surface area contributed by atoms with E-state index in [1.807, 2.05) is 19.9 Å². The largest absolute Gasteiger partial charge is 0.377 e. The topological polar surface area (TPSA) is 81.4 Å². The van der Waals surface area contributed by atoms with Crippen LogP contribution >= 0.6 is 0 Å². The normalized spacial score (nSPS) is 13.5. The first kappa shape index (κ1) is 16.1. The molecule has 0 aliphatic rings. The summed E-state index contributed by atoms with van der Waals surface area (Å²) in [5, 5.41) is 0. The van der Waals surface area contributed by atoms with Gasteiger partial charge in [-0.25, -0.2) is 13.1 Å². The third-order valence-corrected chi connectivity index (χ3v) is 4.49. The van der Waals surface area contributed by atoms with E-state index in [2.05, 4.69) is 4.72 Å². The Morgan fingerprint density at radius 1 is 1.42 bits per heavy atom. The van der Waals surface area contributed by atoms with Crippen molar-refractivity contribution in [3.8, 4) is 0 Å². The molecule has 0 amide bonds. The van der Waals surface area contributed by atoms with Gasteiger partial charge in [-0.3, -0.25) is 0 Å². The fourth-order valence-electron chi connectivity index (χ4n) is 1.82. The Balaban J connectivity index is 2.89. The van der Waals surface area contributed by atoms with Gasteiger partial charge < -0.3 is 10.5 Å². The molecule has 0 aromatic heterocycles. The molecule has 19 heavy (non-hydrogen) atoms. The molecule has 0 aliphatic heterocycles. The van der Waals surface area contributed by atoms with Crippen molar-refractivity contribution < 1.29 is 13.2 Å². The van der Waals surface area contributed by atoms with Crippen molar-refractivity contribution >= 4 is 10.0 Å². The average molecular weight is 286 g/mol. The molecule has 0 bridgehead atoms. The van der Waals surface area contributed by atoms with E-state index in [9.17, 15) is 8.42 Å². The van der Waals surface area contributed by atoms with Crippen LogP contribution in [-0.4, -0.2) is 27.7 Å². The standard InChI is InChI=1S/C13H22N2O3S/c1-4-18-10(2)9-15-19(16,17)13-7-5-6-12(8-14)11(13)3/h5-7,10,15H,4,8-9,14H2,1-3H3. The molecule has 5 nitrogen and oxygen atoms in total. The third-order valence-electron chi connectivity index (χ3n) is 2.92. The smallest absolute Gasteiger partial charge is 0.240 e. The lowest BCUT2D eigenvalue weighted by Gasteiger charge is -2.15. The number of nitrogens with one attached hydrogen (secondary N) is 1. The molecule has 1 atom stereocenters. The molecule has 1 aromatic carbocycles. The molecule has 0 radical (unpaired) electrons. The summed E-state index contributed by atoms with van der Waals surface area (Å²) >= 11 is 0. The van der Waals surface area contributed by atoms with Crippen molar-refractivity contribution in [1.82, 2.24) is 4.72 Å². The Kier molecular flexibility index (Phi) is 5.93. The zero-order valence-electron chi connectivity index (χ0n) is 11.6. The molecule has 6 heteroatoms. The predicted molar refractivity (Wildman–Crippen MR) is 75.3 cm³/mol. The van der Waals surface area contributed by atoms with Crippen LogP contribution in [0.25, 0.3) is 0 Å². The van der Waals surface area contributed by atoms with Crippen LogP contribution in [0.15, 0.2) is 23.1 Å². The number of hydrogen-bond acceptors (Lipinski definition) is 4. The van der Waals surface area contributed by atoms with Crippen molar-refractivity contribution in [3.63, 3.8) is 0 Å². The van der Waals surface area contributed by atoms with Crippen LogP contribution in [0.3, 0.4) is 0 Å². The number of benzene rings is 1. The van der Waals surface area contributed by atoms with Gasteiger partial charge in [0.1, 0.15) is 0 Å². The van der Waals surface area contributed by atoms with E-state index in [1.54, 1.807) is 19.1 Å². The molecule has 0 saturated carbocycles. The summed E-state index contributed by atoms with van der Waals surface area (Å²) < 4.78 is 32.3. The molecule has 0 spiro atoms. The zero-order valence-corrected chi connectivity index (χ0v) is 12.5. The molecule has 1 aromatic rings. The summed E-state index contributed by atoms with van der Waals surface area (Å²) in [6.07, 6.45) is -0.155. The van der Waals surface area contributed by atoms with Gasteiger partial charge in [-0.1, -0.05) is 12.1 Å². The number of sulfonamides is 1. The second kappa shape index (κ2) is 7.00. The summed E-state index contributed by atoms with van der Waals surface area (Å²) in [6.45, 7) is 6.61. The molecular formula is C13H22N2O3S. The van der Waals surface area contributed by atoms with Gasteiger partial charge in [0.05, 0.1) is 11.0 Å². The van der Waals surface area contributed by atoms with Crippen molar-refractivity contribution in [2.45, 2.75) is 38.3 Å². The maximum absolute atomic E-state index is 12.2. The third kappa shape index (κ3) is 4.28. The Morgan fingerprint density at radius 3 is 2.68 bits per heavy atom. The summed E-state index contributed by atoms with van der Waals surface area (Å²) in [5.74, 6) is 0. The Labute approximate surface area is 115 Å².